The molecule has 5 nitrogen and oxygen atoms in total. The van der Waals surface area contributed by atoms with Crippen molar-refractivity contribution in [1.29, 1.82) is 0 Å². The highest BCUT2D eigenvalue weighted by atomic mass is 19.1. The Balaban J connectivity index is 1.38. The maximum atomic E-state index is 13.3. The third kappa shape index (κ3) is 4.05. The molecule has 4 rings (SSSR count). The van der Waals surface area contributed by atoms with Crippen LogP contribution >= 0.6 is 0 Å². The van der Waals surface area contributed by atoms with Crippen molar-refractivity contribution in [2.75, 3.05) is 26.2 Å². The number of piperidine rings is 2. The van der Waals surface area contributed by atoms with E-state index in [1.807, 2.05) is 4.90 Å². The monoisotopic (exact) mass is 371 g/mol. The van der Waals surface area contributed by atoms with Crippen molar-refractivity contribution >= 4 is 16.8 Å². The maximum Gasteiger partial charge on any atom is 0.225 e. The third-order valence-electron chi connectivity index (χ3n) is 5.85. The Morgan fingerprint density at radius 2 is 1.81 bits per heavy atom. The normalized spacial score (nSPS) is 19.5. The number of rotatable bonds is 3. The fourth-order valence-corrected chi connectivity index (χ4v) is 4.31. The zero-order valence-electron chi connectivity index (χ0n) is 15.5. The van der Waals surface area contributed by atoms with E-state index in [9.17, 15) is 14.0 Å². The average Bonchev–Trinajstić information content (AvgIpc) is 2.69. The Bertz CT molecular complexity index is 881. The lowest BCUT2D eigenvalue weighted by atomic mass is 9.94. The molecule has 27 heavy (non-hydrogen) atoms. The van der Waals surface area contributed by atoms with Crippen LogP contribution in [0.25, 0.3) is 10.9 Å². The lowest BCUT2D eigenvalue weighted by Crippen LogP contribution is -2.44. The lowest BCUT2D eigenvalue weighted by molar-refractivity contribution is -0.138. The van der Waals surface area contributed by atoms with Gasteiger partial charge in [-0.2, -0.15) is 0 Å². The molecule has 0 radical (unpaired) electrons. The van der Waals surface area contributed by atoms with Gasteiger partial charge in [0.2, 0.25) is 5.91 Å². The molecule has 2 aliphatic rings. The van der Waals surface area contributed by atoms with Crippen LogP contribution in [0.2, 0.25) is 0 Å². The molecule has 0 atom stereocenters. The van der Waals surface area contributed by atoms with Crippen molar-refractivity contribution in [3.63, 3.8) is 0 Å². The number of carbonyl (C=O) groups is 1. The minimum absolute atomic E-state index is 0.137. The van der Waals surface area contributed by atoms with Crippen LogP contribution in [0, 0.1) is 11.7 Å². The highest BCUT2D eigenvalue weighted by Gasteiger charge is 2.29. The predicted octanol–water partition coefficient (Wildman–Crippen LogP) is 2.89. The average molecular weight is 371 g/mol. The molecule has 2 aromatic rings. The van der Waals surface area contributed by atoms with Crippen LogP contribution < -0.4 is 5.43 Å². The minimum Gasteiger partial charge on any atom is -0.357 e. The van der Waals surface area contributed by atoms with Crippen LogP contribution in [0.3, 0.4) is 0 Å². The zero-order chi connectivity index (χ0) is 18.8. The first kappa shape index (κ1) is 18.2. The first-order chi connectivity index (χ1) is 13.1. The molecule has 0 unspecified atom stereocenters. The number of benzene rings is 1. The van der Waals surface area contributed by atoms with Gasteiger partial charge in [0.05, 0.1) is 0 Å². The van der Waals surface area contributed by atoms with E-state index in [2.05, 4.69) is 9.88 Å². The topological polar surface area (TPSA) is 56.4 Å². The molecule has 0 aliphatic carbocycles. The number of carbonyl (C=O) groups excluding carboxylic acids is 1. The summed E-state index contributed by atoms with van der Waals surface area (Å²) in [5, 5.41) is 0.379. The van der Waals surface area contributed by atoms with Gasteiger partial charge < -0.3 is 9.88 Å². The van der Waals surface area contributed by atoms with Crippen LogP contribution in [-0.2, 0) is 11.3 Å². The fraction of sp³-hybridized carbons (Fsp3) is 0.524. The molecule has 6 heteroatoms. The molecular formula is C21H26FN3O2. The maximum absolute atomic E-state index is 13.3. The van der Waals surface area contributed by atoms with E-state index in [4.69, 9.17) is 0 Å². The Kier molecular flexibility index (Phi) is 5.25. The second-order valence-corrected chi connectivity index (χ2v) is 7.79. The number of hydrogen-bond acceptors (Lipinski definition) is 3. The first-order valence-electron chi connectivity index (χ1n) is 9.93. The number of aromatic amines is 1. The van der Waals surface area contributed by atoms with E-state index in [0.29, 0.717) is 23.4 Å². The van der Waals surface area contributed by atoms with Gasteiger partial charge in [-0.15, -0.1) is 0 Å². The summed E-state index contributed by atoms with van der Waals surface area (Å²) in [5.41, 5.74) is 1.34. The van der Waals surface area contributed by atoms with E-state index in [1.54, 1.807) is 12.1 Å². The summed E-state index contributed by atoms with van der Waals surface area (Å²) < 4.78 is 13.3. The van der Waals surface area contributed by atoms with Crippen LogP contribution in [0.4, 0.5) is 4.39 Å². The molecule has 2 fully saturated rings. The Morgan fingerprint density at radius 3 is 2.56 bits per heavy atom. The number of hydrogen-bond donors (Lipinski definition) is 1. The molecule has 1 aromatic heterocycles. The summed E-state index contributed by atoms with van der Waals surface area (Å²) in [4.78, 5) is 32.5. The molecule has 2 aliphatic heterocycles. The van der Waals surface area contributed by atoms with E-state index in [-0.39, 0.29) is 11.3 Å². The summed E-state index contributed by atoms with van der Waals surface area (Å²) in [7, 11) is 0. The molecular weight excluding hydrogens is 345 g/mol. The largest absolute Gasteiger partial charge is 0.357 e. The molecule has 3 heterocycles. The minimum atomic E-state index is -0.402. The zero-order valence-corrected chi connectivity index (χ0v) is 15.5. The fourth-order valence-electron chi connectivity index (χ4n) is 4.31. The van der Waals surface area contributed by atoms with Gasteiger partial charge in [0.15, 0.2) is 5.43 Å². The summed E-state index contributed by atoms with van der Waals surface area (Å²) in [6, 6.07) is 5.81. The number of H-pyrrole nitrogens is 1. The Morgan fingerprint density at radius 1 is 1.07 bits per heavy atom. The van der Waals surface area contributed by atoms with Crippen LogP contribution in [0.1, 0.15) is 37.8 Å². The van der Waals surface area contributed by atoms with E-state index in [1.165, 1.54) is 18.6 Å². The lowest BCUT2D eigenvalue weighted by Gasteiger charge is -2.35. The second kappa shape index (κ2) is 7.80. The van der Waals surface area contributed by atoms with Gasteiger partial charge in [-0.25, -0.2) is 4.39 Å². The predicted molar refractivity (Wildman–Crippen MR) is 103 cm³/mol. The van der Waals surface area contributed by atoms with Gasteiger partial charge in [-0.1, -0.05) is 0 Å². The van der Waals surface area contributed by atoms with Crippen molar-refractivity contribution in [3.05, 3.63) is 46.0 Å². The number of halogens is 1. The summed E-state index contributed by atoms with van der Waals surface area (Å²) in [5.74, 6) is 0.0645. The van der Waals surface area contributed by atoms with Crippen LogP contribution in [0.5, 0.6) is 0 Å². The number of nitrogens with zero attached hydrogens (tertiary/aromatic N) is 2. The van der Waals surface area contributed by atoms with Crippen molar-refractivity contribution in [2.45, 2.75) is 38.6 Å². The number of nitrogens with one attached hydrogen (secondary N) is 1. The van der Waals surface area contributed by atoms with Gasteiger partial charge >= 0.3 is 0 Å². The molecule has 0 spiro atoms. The van der Waals surface area contributed by atoms with Gasteiger partial charge in [0, 0.05) is 48.2 Å². The third-order valence-corrected chi connectivity index (χ3v) is 5.85. The number of likely N-dealkylation sites (tertiary alicyclic amines) is 2. The molecule has 1 aromatic carbocycles. The standard InChI is InChI=1S/C21H26FN3O2/c22-16-4-5-19-18(12-16)20(26)13-17(23-19)14-24-10-6-15(7-11-24)21(27)25-8-2-1-3-9-25/h4-5,12-13,15H,1-3,6-11,14H2,(H,23,26). The summed E-state index contributed by atoms with van der Waals surface area (Å²) in [6.45, 7) is 4.19. The number of pyridine rings is 1. The number of aromatic nitrogens is 1. The van der Waals surface area contributed by atoms with E-state index < -0.39 is 5.82 Å². The summed E-state index contributed by atoms with van der Waals surface area (Å²) in [6.07, 6.45) is 5.24. The highest BCUT2D eigenvalue weighted by molar-refractivity contribution is 5.79. The Labute approximate surface area is 158 Å². The van der Waals surface area contributed by atoms with E-state index in [0.717, 1.165) is 57.6 Å². The second-order valence-electron chi connectivity index (χ2n) is 7.79. The SMILES string of the molecule is O=C(C1CCN(Cc2cc(=O)c3cc(F)ccc3[nH]2)CC1)N1CCCCC1. The van der Waals surface area contributed by atoms with Crippen molar-refractivity contribution in [2.24, 2.45) is 5.92 Å². The van der Waals surface area contributed by atoms with Crippen LogP contribution in [-0.4, -0.2) is 46.9 Å². The molecule has 0 saturated carbocycles. The van der Waals surface area contributed by atoms with Gasteiger partial charge in [0.25, 0.3) is 0 Å². The first-order valence-corrected chi connectivity index (χ1v) is 9.93. The smallest absolute Gasteiger partial charge is 0.225 e. The van der Waals surface area contributed by atoms with Crippen molar-refractivity contribution in [3.8, 4) is 0 Å². The van der Waals surface area contributed by atoms with Crippen LogP contribution in [0.15, 0.2) is 29.1 Å². The van der Waals surface area contributed by atoms with Crippen molar-refractivity contribution in [1.82, 2.24) is 14.8 Å². The van der Waals surface area contributed by atoms with Gasteiger partial charge in [-0.3, -0.25) is 14.5 Å². The highest BCUT2D eigenvalue weighted by Crippen LogP contribution is 2.23. The number of amides is 1. The number of fused-ring (bicyclic) bond motifs is 1. The molecule has 1 N–H and O–H groups in total. The van der Waals surface area contributed by atoms with Crippen molar-refractivity contribution < 1.29 is 9.18 Å². The van der Waals surface area contributed by atoms with Gasteiger partial charge in [0.1, 0.15) is 5.82 Å². The molecule has 2 saturated heterocycles. The molecule has 0 bridgehead atoms. The molecule has 1 amide bonds. The van der Waals surface area contributed by atoms with E-state index >= 15 is 0 Å². The van der Waals surface area contributed by atoms with Gasteiger partial charge in [-0.05, 0) is 63.4 Å². The summed E-state index contributed by atoms with van der Waals surface area (Å²) >= 11 is 0. The molecule has 144 valence electrons. The Hall–Kier alpha value is -2.21. The quantitative estimate of drug-likeness (QED) is 0.903.